The highest BCUT2D eigenvalue weighted by atomic mass is 16.5. The molecule has 0 atom stereocenters. The molecule has 2 fully saturated rings. The maximum absolute atomic E-state index is 12.4. The second kappa shape index (κ2) is 6.87. The molecule has 0 radical (unpaired) electrons. The Kier molecular flexibility index (Phi) is 4.20. The standard InChI is InChI=1S/C20H22N6O2/c1-25-10-14(11-25)18-12-26(24-22-18)16-7-15(8-16)21-20(27)19-9-17(23-28-19)13-5-3-2-4-6-13/h2-6,9,12,14-16H,7-8,10-11H2,1H3,(H,21,27)/t15-,16-. The van der Waals surface area contributed by atoms with Crippen molar-refractivity contribution >= 4 is 5.91 Å². The zero-order valence-corrected chi connectivity index (χ0v) is 15.7. The second-order valence-corrected chi connectivity index (χ2v) is 7.78. The summed E-state index contributed by atoms with van der Waals surface area (Å²) in [6.07, 6.45) is 3.75. The minimum atomic E-state index is -0.227. The van der Waals surface area contributed by atoms with Gasteiger partial charge in [0.15, 0.2) is 0 Å². The van der Waals surface area contributed by atoms with Crippen LogP contribution in [-0.2, 0) is 0 Å². The van der Waals surface area contributed by atoms with Gasteiger partial charge in [-0.25, -0.2) is 4.68 Å². The molecule has 0 spiro atoms. The second-order valence-electron chi connectivity index (χ2n) is 7.78. The topological polar surface area (TPSA) is 89.1 Å². The van der Waals surface area contributed by atoms with E-state index in [4.69, 9.17) is 4.52 Å². The van der Waals surface area contributed by atoms with Crippen LogP contribution in [0, 0.1) is 0 Å². The molecule has 28 heavy (non-hydrogen) atoms. The van der Waals surface area contributed by atoms with Crippen LogP contribution in [0.15, 0.2) is 47.1 Å². The van der Waals surface area contributed by atoms with Crippen LogP contribution in [0.4, 0.5) is 0 Å². The first-order valence-corrected chi connectivity index (χ1v) is 9.59. The number of nitrogens with one attached hydrogen (secondary N) is 1. The number of carbonyl (C=O) groups excluding carboxylic acids is 1. The van der Waals surface area contributed by atoms with E-state index in [1.165, 1.54) is 0 Å². The molecule has 5 rings (SSSR count). The van der Waals surface area contributed by atoms with E-state index in [1.54, 1.807) is 6.07 Å². The third kappa shape index (κ3) is 3.20. The summed E-state index contributed by atoms with van der Waals surface area (Å²) in [5, 5.41) is 15.6. The van der Waals surface area contributed by atoms with Crippen LogP contribution in [0.5, 0.6) is 0 Å². The number of rotatable bonds is 5. The van der Waals surface area contributed by atoms with Gasteiger partial charge in [-0.05, 0) is 19.9 Å². The van der Waals surface area contributed by atoms with Crippen molar-refractivity contribution in [2.24, 2.45) is 0 Å². The fourth-order valence-electron chi connectivity index (χ4n) is 3.85. The van der Waals surface area contributed by atoms with Crippen molar-refractivity contribution in [1.82, 2.24) is 30.4 Å². The zero-order chi connectivity index (χ0) is 19.1. The van der Waals surface area contributed by atoms with Crippen LogP contribution in [0.2, 0.25) is 0 Å². The first-order chi connectivity index (χ1) is 13.7. The minimum absolute atomic E-state index is 0.116. The molecule has 8 nitrogen and oxygen atoms in total. The molecule has 1 aliphatic heterocycles. The first kappa shape index (κ1) is 17.1. The van der Waals surface area contributed by atoms with E-state index in [1.807, 2.05) is 35.0 Å². The maximum Gasteiger partial charge on any atom is 0.290 e. The number of amides is 1. The lowest BCUT2D eigenvalue weighted by molar-refractivity contribution is 0.0850. The third-order valence-corrected chi connectivity index (χ3v) is 5.64. The number of hydrogen-bond acceptors (Lipinski definition) is 6. The van der Waals surface area contributed by atoms with Gasteiger partial charge in [-0.1, -0.05) is 40.7 Å². The van der Waals surface area contributed by atoms with Crippen LogP contribution in [-0.4, -0.2) is 57.1 Å². The van der Waals surface area contributed by atoms with Gasteiger partial charge in [0.1, 0.15) is 5.69 Å². The number of carbonyl (C=O) groups is 1. The summed E-state index contributed by atoms with van der Waals surface area (Å²) in [6, 6.07) is 11.7. The molecule has 1 aliphatic carbocycles. The number of hydrogen-bond donors (Lipinski definition) is 1. The van der Waals surface area contributed by atoms with E-state index in [2.05, 4.69) is 38.9 Å². The lowest BCUT2D eigenvalue weighted by atomic mass is 9.86. The Morgan fingerprint density at radius 1 is 1.21 bits per heavy atom. The summed E-state index contributed by atoms with van der Waals surface area (Å²) in [6.45, 7) is 2.09. The fourth-order valence-corrected chi connectivity index (χ4v) is 3.85. The van der Waals surface area contributed by atoms with Gasteiger partial charge >= 0.3 is 0 Å². The molecule has 144 valence electrons. The van der Waals surface area contributed by atoms with E-state index < -0.39 is 0 Å². The molecule has 0 unspecified atom stereocenters. The van der Waals surface area contributed by atoms with Crippen LogP contribution < -0.4 is 5.32 Å². The van der Waals surface area contributed by atoms with Gasteiger partial charge < -0.3 is 14.7 Å². The van der Waals surface area contributed by atoms with Crippen molar-refractivity contribution < 1.29 is 9.32 Å². The van der Waals surface area contributed by atoms with Crippen molar-refractivity contribution in [3.8, 4) is 11.3 Å². The molecule has 0 bridgehead atoms. The Morgan fingerprint density at radius 3 is 2.75 bits per heavy atom. The monoisotopic (exact) mass is 378 g/mol. The molecule has 1 amide bonds. The van der Waals surface area contributed by atoms with E-state index in [0.717, 1.165) is 37.2 Å². The smallest absolute Gasteiger partial charge is 0.290 e. The molecule has 1 N–H and O–H groups in total. The molecular weight excluding hydrogens is 356 g/mol. The third-order valence-electron chi connectivity index (χ3n) is 5.64. The number of likely N-dealkylation sites (tertiary alicyclic amines) is 1. The molecule has 3 heterocycles. The normalized spacial score (nSPS) is 22.5. The Bertz CT molecular complexity index is 970. The molecule has 2 aliphatic rings. The average molecular weight is 378 g/mol. The summed E-state index contributed by atoms with van der Waals surface area (Å²) in [4.78, 5) is 14.7. The molecule has 1 aromatic carbocycles. The summed E-state index contributed by atoms with van der Waals surface area (Å²) in [5.41, 5.74) is 2.66. The highest BCUT2D eigenvalue weighted by Crippen LogP contribution is 2.33. The molecule has 1 saturated carbocycles. The SMILES string of the molecule is CN1CC(c2cn([C@H]3C[C@H](NC(=O)c4cc(-c5ccccc5)no4)C3)nn2)C1. The summed E-state index contributed by atoms with van der Waals surface area (Å²) < 4.78 is 7.17. The Hall–Kier alpha value is -3.00. The Morgan fingerprint density at radius 2 is 2.00 bits per heavy atom. The van der Waals surface area contributed by atoms with E-state index in [-0.39, 0.29) is 17.7 Å². The van der Waals surface area contributed by atoms with E-state index in [9.17, 15) is 4.79 Å². The van der Waals surface area contributed by atoms with Gasteiger partial charge in [0.25, 0.3) is 5.91 Å². The quantitative estimate of drug-likeness (QED) is 0.731. The van der Waals surface area contributed by atoms with Crippen LogP contribution in [0.1, 0.15) is 41.1 Å². The van der Waals surface area contributed by atoms with Gasteiger partial charge in [0.05, 0.1) is 11.7 Å². The maximum atomic E-state index is 12.4. The van der Waals surface area contributed by atoms with Gasteiger partial charge in [0.2, 0.25) is 5.76 Å². The Balaban J connectivity index is 1.15. The van der Waals surface area contributed by atoms with Gasteiger partial charge in [-0.15, -0.1) is 5.10 Å². The molecule has 1 saturated heterocycles. The minimum Gasteiger partial charge on any atom is -0.350 e. The fraction of sp³-hybridized carbons (Fsp3) is 0.400. The van der Waals surface area contributed by atoms with Crippen molar-refractivity contribution in [1.29, 1.82) is 0 Å². The van der Waals surface area contributed by atoms with Crippen molar-refractivity contribution in [2.45, 2.75) is 30.8 Å². The van der Waals surface area contributed by atoms with Crippen molar-refractivity contribution in [3.05, 3.63) is 54.0 Å². The predicted molar refractivity (Wildman–Crippen MR) is 102 cm³/mol. The zero-order valence-electron chi connectivity index (χ0n) is 15.7. The largest absolute Gasteiger partial charge is 0.350 e. The van der Waals surface area contributed by atoms with Crippen LogP contribution in [0.25, 0.3) is 11.3 Å². The molecule has 2 aromatic heterocycles. The van der Waals surface area contributed by atoms with Crippen molar-refractivity contribution in [2.75, 3.05) is 20.1 Å². The van der Waals surface area contributed by atoms with Crippen LogP contribution >= 0.6 is 0 Å². The first-order valence-electron chi connectivity index (χ1n) is 9.59. The van der Waals surface area contributed by atoms with Gasteiger partial charge in [-0.2, -0.15) is 0 Å². The molecule has 8 heteroatoms. The highest BCUT2D eigenvalue weighted by Gasteiger charge is 2.34. The molecule has 3 aromatic rings. The summed E-state index contributed by atoms with van der Waals surface area (Å²) >= 11 is 0. The average Bonchev–Trinajstić information content (AvgIpc) is 3.32. The number of benzene rings is 1. The van der Waals surface area contributed by atoms with E-state index in [0.29, 0.717) is 17.7 Å². The lowest BCUT2D eigenvalue weighted by Gasteiger charge is -2.36. The number of aromatic nitrogens is 4. The summed E-state index contributed by atoms with van der Waals surface area (Å²) in [7, 11) is 2.11. The van der Waals surface area contributed by atoms with Crippen molar-refractivity contribution in [3.63, 3.8) is 0 Å². The predicted octanol–water partition coefficient (Wildman–Crippen LogP) is 2.10. The van der Waals surface area contributed by atoms with Gasteiger partial charge in [0, 0.05) is 42.9 Å². The Labute approximate surface area is 162 Å². The molecular formula is C20H22N6O2. The van der Waals surface area contributed by atoms with E-state index >= 15 is 0 Å². The number of nitrogens with zero attached hydrogens (tertiary/aromatic N) is 5. The number of likely N-dealkylation sites (N-methyl/N-ethyl adjacent to an activating group) is 1. The lowest BCUT2D eigenvalue weighted by Crippen LogP contribution is -2.45. The van der Waals surface area contributed by atoms with Gasteiger partial charge in [-0.3, -0.25) is 4.79 Å². The van der Waals surface area contributed by atoms with Crippen LogP contribution in [0.3, 0.4) is 0 Å². The highest BCUT2D eigenvalue weighted by molar-refractivity contribution is 5.92. The summed E-state index contributed by atoms with van der Waals surface area (Å²) in [5.74, 6) is 0.508.